The normalized spacial score (nSPS) is 17.4. The van der Waals surface area contributed by atoms with E-state index in [0.29, 0.717) is 12.4 Å². The first-order chi connectivity index (χ1) is 9.70. The number of fused-ring (bicyclic) bond motifs is 1. The lowest BCUT2D eigenvalue weighted by atomic mass is 10.3. The number of likely N-dealkylation sites (N-methyl/N-ethyl adjacent to an activating group) is 1. The van der Waals surface area contributed by atoms with Crippen LogP contribution in [0.15, 0.2) is 24.4 Å². The van der Waals surface area contributed by atoms with E-state index in [4.69, 9.17) is 4.74 Å². The van der Waals surface area contributed by atoms with Gasteiger partial charge in [0.15, 0.2) is 0 Å². The van der Waals surface area contributed by atoms with Crippen molar-refractivity contribution in [2.24, 2.45) is 0 Å². The Bertz CT molecular complexity index is 569. The quantitative estimate of drug-likeness (QED) is 0.836. The number of nitrogens with zero attached hydrogens (tertiary/aromatic N) is 3. The van der Waals surface area contributed by atoms with Gasteiger partial charge in [0, 0.05) is 38.4 Å². The smallest absolute Gasteiger partial charge is 0.326 e. The van der Waals surface area contributed by atoms with Gasteiger partial charge in [-0.2, -0.15) is 0 Å². The number of H-pyrrole nitrogens is 1. The van der Waals surface area contributed by atoms with Crippen molar-refractivity contribution in [2.75, 3.05) is 39.8 Å². The number of hydrogen-bond acceptors (Lipinski definition) is 5. The molecule has 3 heterocycles. The molecule has 6 nitrogen and oxygen atoms in total. The molecule has 0 aliphatic carbocycles. The molecule has 0 atom stereocenters. The Morgan fingerprint density at radius 1 is 1.40 bits per heavy atom. The van der Waals surface area contributed by atoms with Crippen LogP contribution in [0.2, 0.25) is 0 Å². The molecule has 1 aliphatic rings. The van der Waals surface area contributed by atoms with Crippen molar-refractivity contribution >= 4 is 17.0 Å². The first-order valence-electron chi connectivity index (χ1n) is 6.76. The van der Waals surface area contributed by atoms with Gasteiger partial charge in [-0.15, -0.1) is 0 Å². The van der Waals surface area contributed by atoms with Crippen LogP contribution in [-0.4, -0.2) is 65.5 Å². The summed E-state index contributed by atoms with van der Waals surface area (Å²) in [6.45, 7) is 4.11. The van der Waals surface area contributed by atoms with Crippen molar-refractivity contribution in [3.63, 3.8) is 0 Å². The van der Waals surface area contributed by atoms with Gasteiger partial charge in [-0.1, -0.05) is 0 Å². The maximum absolute atomic E-state index is 11.9. The third-order valence-electron chi connectivity index (χ3n) is 3.54. The standard InChI is InChI=1S/C14H18N4O2/c1-17-5-7-18(8-6-17)10-14(19)20-13-9-12-11(16-13)3-2-4-15-12/h2-4,9,16H,5-8,10H2,1H3. The lowest BCUT2D eigenvalue weighted by molar-refractivity contribution is -0.136. The Labute approximate surface area is 117 Å². The molecule has 2 aromatic heterocycles. The van der Waals surface area contributed by atoms with E-state index in [1.54, 1.807) is 12.3 Å². The van der Waals surface area contributed by atoms with E-state index in [0.717, 1.165) is 37.2 Å². The number of aromatic nitrogens is 2. The fourth-order valence-corrected chi connectivity index (χ4v) is 2.33. The monoisotopic (exact) mass is 274 g/mol. The van der Waals surface area contributed by atoms with Gasteiger partial charge in [-0.05, 0) is 19.2 Å². The summed E-state index contributed by atoms with van der Waals surface area (Å²) in [4.78, 5) is 23.5. The van der Waals surface area contributed by atoms with Crippen molar-refractivity contribution in [3.05, 3.63) is 24.4 Å². The summed E-state index contributed by atoms with van der Waals surface area (Å²) in [5.74, 6) is 0.221. The second kappa shape index (κ2) is 5.60. The van der Waals surface area contributed by atoms with Crippen molar-refractivity contribution in [3.8, 4) is 5.88 Å². The molecule has 1 aliphatic heterocycles. The molecule has 0 amide bonds. The second-order valence-corrected chi connectivity index (χ2v) is 5.12. The number of carbonyl (C=O) groups is 1. The molecule has 106 valence electrons. The van der Waals surface area contributed by atoms with E-state index >= 15 is 0 Å². The summed E-state index contributed by atoms with van der Waals surface area (Å²) in [7, 11) is 2.09. The Balaban J connectivity index is 1.58. The summed E-state index contributed by atoms with van der Waals surface area (Å²) in [6, 6.07) is 5.49. The molecule has 20 heavy (non-hydrogen) atoms. The van der Waals surface area contributed by atoms with Crippen molar-refractivity contribution in [1.82, 2.24) is 19.8 Å². The highest BCUT2D eigenvalue weighted by molar-refractivity contribution is 5.79. The highest BCUT2D eigenvalue weighted by Gasteiger charge is 2.18. The van der Waals surface area contributed by atoms with Crippen LogP contribution in [0.25, 0.3) is 11.0 Å². The molecule has 2 aromatic rings. The van der Waals surface area contributed by atoms with Crippen LogP contribution in [-0.2, 0) is 4.79 Å². The second-order valence-electron chi connectivity index (χ2n) is 5.12. The average Bonchev–Trinajstić information content (AvgIpc) is 2.83. The predicted molar refractivity (Wildman–Crippen MR) is 75.7 cm³/mol. The van der Waals surface area contributed by atoms with Gasteiger partial charge >= 0.3 is 5.97 Å². The molecule has 0 saturated carbocycles. The van der Waals surface area contributed by atoms with Gasteiger partial charge in [0.05, 0.1) is 17.6 Å². The number of carbonyl (C=O) groups excluding carboxylic acids is 1. The molecule has 0 spiro atoms. The summed E-state index contributed by atoms with van der Waals surface area (Å²) in [5.41, 5.74) is 1.67. The van der Waals surface area contributed by atoms with E-state index < -0.39 is 0 Å². The highest BCUT2D eigenvalue weighted by atomic mass is 16.5. The van der Waals surface area contributed by atoms with Gasteiger partial charge in [0.25, 0.3) is 0 Å². The van der Waals surface area contributed by atoms with Crippen LogP contribution < -0.4 is 4.74 Å². The van der Waals surface area contributed by atoms with Crippen LogP contribution in [0.5, 0.6) is 5.88 Å². The zero-order valence-corrected chi connectivity index (χ0v) is 11.5. The number of piperazine rings is 1. The molecule has 0 bridgehead atoms. The molecular formula is C14H18N4O2. The van der Waals surface area contributed by atoms with E-state index in [1.807, 2.05) is 12.1 Å². The van der Waals surface area contributed by atoms with Gasteiger partial charge in [0.1, 0.15) is 0 Å². The molecular weight excluding hydrogens is 256 g/mol. The van der Waals surface area contributed by atoms with Crippen molar-refractivity contribution in [1.29, 1.82) is 0 Å². The Kier molecular flexibility index (Phi) is 3.66. The first kappa shape index (κ1) is 13.1. The van der Waals surface area contributed by atoms with Gasteiger partial charge < -0.3 is 14.6 Å². The summed E-state index contributed by atoms with van der Waals surface area (Å²) >= 11 is 0. The minimum absolute atomic E-state index is 0.235. The third kappa shape index (κ3) is 2.97. The fraction of sp³-hybridized carbons (Fsp3) is 0.429. The number of hydrogen-bond donors (Lipinski definition) is 1. The number of aromatic amines is 1. The fourth-order valence-electron chi connectivity index (χ4n) is 2.33. The molecule has 1 N–H and O–H groups in total. The topological polar surface area (TPSA) is 61.5 Å². The molecule has 0 radical (unpaired) electrons. The first-order valence-corrected chi connectivity index (χ1v) is 6.76. The highest BCUT2D eigenvalue weighted by Crippen LogP contribution is 2.17. The molecule has 0 aromatic carbocycles. The average molecular weight is 274 g/mol. The van der Waals surface area contributed by atoms with Crippen molar-refractivity contribution < 1.29 is 9.53 Å². The van der Waals surface area contributed by atoms with Gasteiger partial charge in [-0.25, -0.2) is 0 Å². The Hall–Kier alpha value is -1.92. The van der Waals surface area contributed by atoms with Crippen LogP contribution in [0, 0.1) is 0 Å². The minimum Gasteiger partial charge on any atom is -0.408 e. The minimum atomic E-state index is -0.235. The number of nitrogens with one attached hydrogen (secondary N) is 1. The zero-order valence-electron chi connectivity index (χ0n) is 11.5. The zero-order chi connectivity index (χ0) is 13.9. The van der Waals surface area contributed by atoms with E-state index in [9.17, 15) is 4.79 Å². The van der Waals surface area contributed by atoms with Gasteiger partial charge in [0.2, 0.25) is 5.88 Å². The maximum Gasteiger partial charge on any atom is 0.326 e. The van der Waals surface area contributed by atoms with E-state index in [-0.39, 0.29) is 5.97 Å². The number of pyridine rings is 1. The maximum atomic E-state index is 11.9. The molecule has 0 unspecified atom stereocenters. The number of esters is 1. The van der Waals surface area contributed by atoms with Crippen molar-refractivity contribution in [2.45, 2.75) is 0 Å². The number of ether oxygens (including phenoxy) is 1. The Morgan fingerprint density at radius 2 is 2.20 bits per heavy atom. The lowest BCUT2D eigenvalue weighted by Crippen LogP contribution is -2.46. The summed E-state index contributed by atoms with van der Waals surface area (Å²) in [5, 5.41) is 0. The van der Waals surface area contributed by atoms with Crippen LogP contribution in [0.1, 0.15) is 0 Å². The van der Waals surface area contributed by atoms with E-state index in [2.05, 4.69) is 26.8 Å². The molecule has 3 rings (SSSR count). The van der Waals surface area contributed by atoms with Crippen LogP contribution in [0.3, 0.4) is 0 Å². The molecule has 6 heteroatoms. The Morgan fingerprint density at radius 3 is 2.95 bits per heavy atom. The van der Waals surface area contributed by atoms with Gasteiger partial charge in [-0.3, -0.25) is 14.7 Å². The van der Waals surface area contributed by atoms with Crippen LogP contribution >= 0.6 is 0 Å². The summed E-state index contributed by atoms with van der Waals surface area (Å²) < 4.78 is 5.34. The summed E-state index contributed by atoms with van der Waals surface area (Å²) in [6.07, 6.45) is 1.71. The number of rotatable bonds is 3. The molecule has 1 fully saturated rings. The SMILES string of the molecule is CN1CCN(CC(=O)Oc2cc3ncccc3[nH]2)CC1. The van der Waals surface area contributed by atoms with E-state index in [1.165, 1.54) is 0 Å². The lowest BCUT2D eigenvalue weighted by Gasteiger charge is -2.31. The largest absolute Gasteiger partial charge is 0.408 e. The van der Waals surface area contributed by atoms with Crippen LogP contribution in [0.4, 0.5) is 0 Å². The molecule has 1 saturated heterocycles. The third-order valence-corrected chi connectivity index (χ3v) is 3.54. The predicted octanol–water partition coefficient (Wildman–Crippen LogP) is 0.716.